The van der Waals surface area contributed by atoms with E-state index in [2.05, 4.69) is 22.4 Å². The maximum absolute atomic E-state index is 12.8. The SMILES string of the molecule is CCCc1nc2ccccc2n1[C@@H](C)C(=O)NCc1nnc(-c2ccccc2)o1. The third-order valence-electron chi connectivity index (χ3n) is 4.81. The van der Waals surface area contributed by atoms with Gasteiger partial charge in [0, 0.05) is 12.0 Å². The first kappa shape index (κ1) is 18.9. The molecule has 4 rings (SSSR count). The number of imidazole rings is 1. The minimum Gasteiger partial charge on any atom is -0.419 e. The van der Waals surface area contributed by atoms with E-state index in [4.69, 9.17) is 9.40 Å². The monoisotopic (exact) mass is 389 g/mol. The second-order valence-corrected chi connectivity index (χ2v) is 6.90. The van der Waals surface area contributed by atoms with Gasteiger partial charge < -0.3 is 14.3 Å². The standard InChI is InChI=1S/C22H23N5O2/c1-3-9-19-24-17-12-7-8-13-18(17)27(19)15(2)21(28)23-14-20-25-26-22(29-20)16-10-5-4-6-11-16/h4-8,10-13,15H,3,9,14H2,1-2H3,(H,23,28)/t15-/m0/s1. The van der Waals surface area contributed by atoms with Gasteiger partial charge in [-0.3, -0.25) is 4.79 Å². The molecule has 0 aliphatic heterocycles. The molecule has 1 amide bonds. The molecule has 0 spiro atoms. The van der Waals surface area contributed by atoms with Gasteiger partial charge in [-0.05, 0) is 37.6 Å². The van der Waals surface area contributed by atoms with Crippen LogP contribution < -0.4 is 5.32 Å². The molecule has 0 aliphatic carbocycles. The summed E-state index contributed by atoms with van der Waals surface area (Å²) in [5.41, 5.74) is 2.71. The van der Waals surface area contributed by atoms with Crippen molar-refractivity contribution in [1.82, 2.24) is 25.1 Å². The molecule has 4 aromatic rings. The number of carbonyl (C=O) groups excluding carboxylic acids is 1. The van der Waals surface area contributed by atoms with Gasteiger partial charge in [0.25, 0.3) is 0 Å². The van der Waals surface area contributed by atoms with E-state index in [9.17, 15) is 4.79 Å². The number of aromatic nitrogens is 4. The summed E-state index contributed by atoms with van der Waals surface area (Å²) in [6, 6.07) is 17.0. The fourth-order valence-electron chi connectivity index (χ4n) is 3.38. The van der Waals surface area contributed by atoms with Gasteiger partial charge in [0.1, 0.15) is 11.9 Å². The van der Waals surface area contributed by atoms with Crippen LogP contribution in [0.4, 0.5) is 0 Å². The summed E-state index contributed by atoms with van der Waals surface area (Å²) in [5.74, 6) is 1.60. The third kappa shape index (κ3) is 3.89. The van der Waals surface area contributed by atoms with Crippen LogP contribution in [-0.4, -0.2) is 25.7 Å². The first-order chi connectivity index (χ1) is 14.2. The molecule has 0 unspecified atom stereocenters. The molecule has 0 saturated heterocycles. The normalized spacial score (nSPS) is 12.2. The first-order valence-corrected chi connectivity index (χ1v) is 9.78. The molecule has 2 aromatic carbocycles. The van der Waals surface area contributed by atoms with Crippen molar-refractivity contribution in [3.63, 3.8) is 0 Å². The van der Waals surface area contributed by atoms with Crippen molar-refractivity contribution in [2.45, 2.75) is 39.3 Å². The Bertz CT molecular complexity index is 1120. The smallest absolute Gasteiger partial charge is 0.247 e. The van der Waals surface area contributed by atoms with Crippen molar-refractivity contribution < 1.29 is 9.21 Å². The summed E-state index contributed by atoms with van der Waals surface area (Å²) >= 11 is 0. The molecule has 1 N–H and O–H groups in total. The zero-order valence-electron chi connectivity index (χ0n) is 16.5. The number of carbonyl (C=O) groups is 1. The molecule has 148 valence electrons. The molecule has 29 heavy (non-hydrogen) atoms. The molecular weight excluding hydrogens is 366 g/mol. The second-order valence-electron chi connectivity index (χ2n) is 6.90. The fraction of sp³-hybridized carbons (Fsp3) is 0.273. The molecule has 0 bridgehead atoms. The minimum atomic E-state index is -0.402. The van der Waals surface area contributed by atoms with Gasteiger partial charge in [-0.1, -0.05) is 37.3 Å². The van der Waals surface area contributed by atoms with Crippen molar-refractivity contribution >= 4 is 16.9 Å². The number of benzene rings is 2. The summed E-state index contributed by atoms with van der Waals surface area (Å²) in [7, 11) is 0. The number of amides is 1. The number of hydrogen-bond acceptors (Lipinski definition) is 5. The van der Waals surface area contributed by atoms with Crippen LogP contribution in [0.15, 0.2) is 59.0 Å². The van der Waals surface area contributed by atoms with Crippen LogP contribution in [0.1, 0.15) is 38.0 Å². The highest BCUT2D eigenvalue weighted by Gasteiger charge is 2.21. The predicted octanol–water partition coefficient (Wildman–Crippen LogP) is 3.92. The maximum Gasteiger partial charge on any atom is 0.247 e. The van der Waals surface area contributed by atoms with E-state index < -0.39 is 6.04 Å². The molecule has 2 aromatic heterocycles. The van der Waals surface area contributed by atoms with Crippen LogP contribution in [0, 0.1) is 0 Å². The highest BCUT2D eigenvalue weighted by atomic mass is 16.4. The lowest BCUT2D eigenvalue weighted by molar-refractivity contribution is -0.124. The van der Waals surface area contributed by atoms with Crippen molar-refractivity contribution in [3.05, 3.63) is 66.3 Å². The minimum absolute atomic E-state index is 0.120. The van der Waals surface area contributed by atoms with Gasteiger partial charge in [0.2, 0.25) is 17.7 Å². The Labute approximate surface area is 168 Å². The van der Waals surface area contributed by atoms with Gasteiger partial charge in [-0.15, -0.1) is 10.2 Å². The summed E-state index contributed by atoms with van der Waals surface area (Å²) < 4.78 is 7.68. The molecular formula is C22H23N5O2. The number of para-hydroxylation sites is 2. The van der Waals surface area contributed by atoms with Crippen LogP contribution in [-0.2, 0) is 17.8 Å². The fourth-order valence-corrected chi connectivity index (χ4v) is 3.38. The zero-order valence-corrected chi connectivity index (χ0v) is 16.5. The molecule has 0 radical (unpaired) electrons. The van der Waals surface area contributed by atoms with E-state index in [1.807, 2.05) is 66.1 Å². The van der Waals surface area contributed by atoms with Crippen molar-refractivity contribution in [2.24, 2.45) is 0 Å². The van der Waals surface area contributed by atoms with Crippen LogP contribution in [0.25, 0.3) is 22.5 Å². The molecule has 0 aliphatic rings. The molecule has 2 heterocycles. The number of nitrogens with one attached hydrogen (secondary N) is 1. The highest BCUT2D eigenvalue weighted by molar-refractivity contribution is 5.84. The first-order valence-electron chi connectivity index (χ1n) is 9.78. The predicted molar refractivity (Wildman–Crippen MR) is 110 cm³/mol. The number of aryl methyl sites for hydroxylation is 1. The highest BCUT2D eigenvalue weighted by Crippen LogP contribution is 2.22. The van der Waals surface area contributed by atoms with E-state index in [0.29, 0.717) is 11.8 Å². The number of fused-ring (bicyclic) bond motifs is 1. The third-order valence-corrected chi connectivity index (χ3v) is 4.81. The van der Waals surface area contributed by atoms with E-state index in [-0.39, 0.29) is 12.5 Å². The topological polar surface area (TPSA) is 85.8 Å². The lowest BCUT2D eigenvalue weighted by atomic mass is 10.2. The Kier molecular flexibility index (Phi) is 5.37. The molecule has 7 heteroatoms. The quantitative estimate of drug-likeness (QED) is 0.518. The Morgan fingerprint density at radius 2 is 1.86 bits per heavy atom. The molecule has 7 nitrogen and oxygen atoms in total. The summed E-state index contributed by atoms with van der Waals surface area (Å²) in [6.07, 6.45) is 1.78. The number of rotatable bonds is 7. The lowest BCUT2D eigenvalue weighted by Gasteiger charge is -2.17. The van der Waals surface area contributed by atoms with Crippen molar-refractivity contribution in [3.8, 4) is 11.5 Å². The maximum atomic E-state index is 12.8. The van der Waals surface area contributed by atoms with Gasteiger partial charge in [0.15, 0.2) is 0 Å². The summed E-state index contributed by atoms with van der Waals surface area (Å²) in [4.78, 5) is 17.5. The van der Waals surface area contributed by atoms with E-state index >= 15 is 0 Å². The Hall–Kier alpha value is -3.48. The Balaban J connectivity index is 1.49. The van der Waals surface area contributed by atoms with Crippen LogP contribution in [0.3, 0.4) is 0 Å². The lowest BCUT2D eigenvalue weighted by Crippen LogP contribution is -2.31. The average Bonchev–Trinajstić information content (AvgIpc) is 3.37. The summed E-state index contributed by atoms with van der Waals surface area (Å²) in [5, 5.41) is 11.0. The van der Waals surface area contributed by atoms with E-state index in [1.165, 1.54) is 0 Å². The van der Waals surface area contributed by atoms with Crippen molar-refractivity contribution in [2.75, 3.05) is 0 Å². The van der Waals surface area contributed by atoms with E-state index in [1.54, 1.807) is 0 Å². The largest absolute Gasteiger partial charge is 0.419 e. The Morgan fingerprint density at radius 1 is 1.10 bits per heavy atom. The van der Waals surface area contributed by atoms with Gasteiger partial charge in [0.05, 0.1) is 17.6 Å². The van der Waals surface area contributed by atoms with Crippen LogP contribution >= 0.6 is 0 Å². The number of nitrogens with zero attached hydrogens (tertiary/aromatic N) is 4. The molecule has 0 saturated carbocycles. The Morgan fingerprint density at radius 3 is 2.66 bits per heavy atom. The average molecular weight is 389 g/mol. The molecule has 1 atom stereocenters. The second kappa shape index (κ2) is 8.26. The van der Waals surface area contributed by atoms with Gasteiger partial charge in [-0.25, -0.2) is 4.98 Å². The zero-order chi connectivity index (χ0) is 20.2. The molecule has 0 fully saturated rings. The number of hydrogen-bond donors (Lipinski definition) is 1. The van der Waals surface area contributed by atoms with Gasteiger partial charge >= 0.3 is 0 Å². The van der Waals surface area contributed by atoms with Gasteiger partial charge in [-0.2, -0.15) is 0 Å². The van der Waals surface area contributed by atoms with Crippen molar-refractivity contribution in [1.29, 1.82) is 0 Å². The van der Waals surface area contributed by atoms with Crippen LogP contribution in [0.2, 0.25) is 0 Å². The summed E-state index contributed by atoms with van der Waals surface area (Å²) in [6.45, 7) is 4.17. The van der Waals surface area contributed by atoms with Crippen LogP contribution in [0.5, 0.6) is 0 Å². The van der Waals surface area contributed by atoms with E-state index in [0.717, 1.165) is 35.3 Å².